The van der Waals surface area contributed by atoms with Gasteiger partial charge in [0.1, 0.15) is 6.07 Å². The van der Waals surface area contributed by atoms with E-state index < -0.39 is 5.91 Å². The van der Waals surface area contributed by atoms with Crippen molar-refractivity contribution in [2.45, 2.75) is 32.7 Å². The number of rotatable bonds is 6. The van der Waals surface area contributed by atoms with Gasteiger partial charge in [-0.1, -0.05) is 49.6 Å². The Hall–Kier alpha value is -3.17. The molecule has 1 heterocycles. The topological polar surface area (TPSA) is 87.8 Å². The molecule has 7 heteroatoms. The molecular weight excluding hydrogens is 376 g/mol. The predicted molar refractivity (Wildman–Crippen MR) is 110 cm³/mol. The van der Waals surface area contributed by atoms with Gasteiger partial charge in [0.25, 0.3) is 11.5 Å². The molecule has 1 N–H and O–H groups in total. The van der Waals surface area contributed by atoms with E-state index in [1.165, 1.54) is 16.8 Å². The van der Waals surface area contributed by atoms with Crippen LogP contribution in [0.2, 0.25) is 5.02 Å². The fourth-order valence-corrected chi connectivity index (χ4v) is 3.16. The van der Waals surface area contributed by atoms with E-state index in [1.54, 1.807) is 30.3 Å². The highest BCUT2D eigenvalue weighted by atomic mass is 35.5. The normalized spacial score (nSPS) is 10.6. The van der Waals surface area contributed by atoms with Crippen molar-refractivity contribution in [1.29, 1.82) is 5.26 Å². The molecule has 3 aromatic rings. The molecule has 0 unspecified atom stereocenters. The number of hydrogen-bond donors (Lipinski definition) is 1. The van der Waals surface area contributed by atoms with Crippen LogP contribution in [0.5, 0.6) is 0 Å². The minimum absolute atomic E-state index is 0.173. The first-order valence-electron chi connectivity index (χ1n) is 9.06. The summed E-state index contributed by atoms with van der Waals surface area (Å²) in [5.41, 5.74) is 0.744. The molecule has 0 fully saturated rings. The van der Waals surface area contributed by atoms with Crippen LogP contribution in [0.15, 0.2) is 47.3 Å². The molecular formula is C21H19ClN4O2. The van der Waals surface area contributed by atoms with Gasteiger partial charge in [-0.2, -0.15) is 10.4 Å². The summed E-state index contributed by atoms with van der Waals surface area (Å²) in [6, 6.07) is 13.6. The summed E-state index contributed by atoms with van der Waals surface area (Å²) >= 11 is 6.04. The highest BCUT2D eigenvalue weighted by Crippen LogP contribution is 2.21. The third-order valence-corrected chi connectivity index (χ3v) is 4.72. The minimum atomic E-state index is -0.443. The maximum Gasteiger partial charge on any atom is 0.276 e. The van der Waals surface area contributed by atoms with Crippen LogP contribution >= 0.6 is 11.6 Å². The number of carbonyl (C=O) groups is 1. The molecule has 0 saturated carbocycles. The molecule has 3 rings (SSSR count). The lowest BCUT2D eigenvalue weighted by molar-refractivity contribution is 0.102. The van der Waals surface area contributed by atoms with Crippen molar-refractivity contribution in [3.8, 4) is 6.07 Å². The Morgan fingerprint density at radius 1 is 1.21 bits per heavy atom. The standard InChI is InChI=1S/C21H19ClN4O2/c1-2-3-6-11-26-21(28)17-8-5-4-7-16(17)19(25-26)20(27)24-15-10-9-14(13-23)18(22)12-15/h4-5,7-10,12H,2-3,6,11H2,1H3,(H,24,27). The van der Waals surface area contributed by atoms with Gasteiger partial charge in [-0.3, -0.25) is 9.59 Å². The highest BCUT2D eigenvalue weighted by molar-refractivity contribution is 6.32. The summed E-state index contributed by atoms with van der Waals surface area (Å²) in [6.07, 6.45) is 2.81. The van der Waals surface area contributed by atoms with Gasteiger partial charge in [-0.15, -0.1) is 0 Å². The van der Waals surface area contributed by atoms with Gasteiger partial charge in [0.05, 0.1) is 16.0 Å². The maximum absolute atomic E-state index is 12.9. The Kier molecular flexibility index (Phi) is 6.07. The molecule has 0 atom stereocenters. The van der Waals surface area contributed by atoms with Gasteiger partial charge < -0.3 is 5.32 Å². The molecule has 1 amide bonds. The zero-order valence-corrected chi connectivity index (χ0v) is 16.2. The molecule has 1 aromatic heterocycles. The second-order valence-corrected chi connectivity index (χ2v) is 6.80. The molecule has 0 saturated heterocycles. The van der Waals surface area contributed by atoms with Crippen LogP contribution in [-0.2, 0) is 6.54 Å². The lowest BCUT2D eigenvalue weighted by Crippen LogP contribution is -2.27. The number of amides is 1. The summed E-state index contributed by atoms with van der Waals surface area (Å²) in [5, 5.41) is 17.3. The van der Waals surface area contributed by atoms with Crippen LogP contribution in [0.1, 0.15) is 42.2 Å². The van der Waals surface area contributed by atoms with Crippen molar-refractivity contribution in [1.82, 2.24) is 9.78 Å². The third-order valence-electron chi connectivity index (χ3n) is 4.40. The minimum Gasteiger partial charge on any atom is -0.321 e. The molecule has 0 aliphatic rings. The molecule has 0 radical (unpaired) electrons. The van der Waals surface area contributed by atoms with E-state index in [1.807, 2.05) is 6.07 Å². The first-order chi connectivity index (χ1) is 13.5. The van der Waals surface area contributed by atoms with Gasteiger partial charge in [0, 0.05) is 17.6 Å². The van der Waals surface area contributed by atoms with Gasteiger partial charge >= 0.3 is 0 Å². The molecule has 6 nitrogen and oxygen atoms in total. The Bertz CT molecular complexity index is 1130. The number of aromatic nitrogens is 2. The van der Waals surface area contributed by atoms with Gasteiger partial charge in [0.2, 0.25) is 0 Å². The molecule has 0 aliphatic heterocycles. The van der Waals surface area contributed by atoms with Crippen LogP contribution in [0.3, 0.4) is 0 Å². The smallest absolute Gasteiger partial charge is 0.276 e. The van der Waals surface area contributed by atoms with Gasteiger partial charge in [-0.25, -0.2) is 4.68 Å². The second kappa shape index (κ2) is 8.68. The van der Waals surface area contributed by atoms with Crippen molar-refractivity contribution < 1.29 is 4.79 Å². The monoisotopic (exact) mass is 394 g/mol. The SMILES string of the molecule is CCCCCn1nc(C(=O)Nc2ccc(C#N)c(Cl)c2)c2ccccc2c1=O. The van der Waals surface area contributed by atoms with Crippen molar-refractivity contribution in [3.05, 3.63) is 69.1 Å². The molecule has 0 aliphatic carbocycles. The average Bonchev–Trinajstić information content (AvgIpc) is 2.70. The lowest BCUT2D eigenvalue weighted by atomic mass is 10.1. The fraction of sp³-hybridized carbons (Fsp3) is 0.238. The van der Waals surface area contributed by atoms with E-state index in [4.69, 9.17) is 16.9 Å². The van der Waals surface area contributed by atoms with Crippen molar-refractivity contribution in [2.24, 2.45) is 0 Å². The number of nitriles is 1. The molecule has 0 bridgehead atoms. The number of nitrogens with one attached hydrogen (secondary N) is 1. The largest absolute Gasteiger partial charge is 0.321 e. The first-order valence-corrected chi connectivity index (χ1v) is 9.43. The van der Waals surface area contributed by atoms with E-state index >= 15 is 0 Å². The van der Waals surface area contributed by atoms with Gasteiger partial charge in [-0.05, 0) is 30.7 Å². The molecule has 2 aromatic carbocycles. The quantitative estimate of drug-likeness (QED) is 0.629. The van der Waals surface area contributed by atoms with Crippen molar-refractivity contribution in [2.75, 3.05) is 5.32 Å². The summed E-state index contributed by atoms with van der Waals surface area (Å²) in [4.78, 5) is 25.6. The van der Waals surface area contributed by atoms with Crippen LogP contribution in [0, 0.1) is 11.3 Å². The Morgan fingerprint density at radius 3 is 2.64 bits per heavy atom. The first kappa shape index (κ1) is 19.6. The highest BCUT2D eigenvalue weighted by Gasteiger charge is 2.17. The number of anilines is 1. The molecule has 0 spiro atoms. The Labute approximate surface area is 167 Å². The zero-order chi connectivity index (χ0) is 20.1. The van der Waals surface area contributed by atoms with E-state index in [0.717, 1.165) is 19.3 Å². The van der Waals surface area contributed by atoms with Crippen LogP contribution in [0.25, 0.3) is 10.8 Å². The molecule has 28 heavy (non-hydrogen) atoms. The summed E-state index contributed by atoms with van der Waals surface area (Å²) in [6.45, 7) is 2.54. The fourth-order valence-electron chi connectivity index (χ4n) is 2.94. The summed E-state index contributed by atoms with van der Waals surface area (Å²) in [5.74, 6) is -0.443. The van der Waals surface area contributed by atoms with E-state index in [9.17, 15) is 9.59 Å². The number of fused-ring (bicyclic) bond motifs is 1. The number of aryl methyl sites for hydroxylation is 1. The van der Waals surface area contributed by atoms with Crippen LogP contribution < -0.4 is 10.9 Å². The lowest BCUT2D eigenvalue weighted by Gasteiger charge is -2.11. The van der Waals surface area contributed by atoms with Crippen LogP contribution in [-0.4, -0.2) is 15.7 Å². The van der Waals surface area contributed by atoms with Gasteiger partial charge in [0.15, 0.2) is 5.69 Å². The number of benzene rings is 2. The Morgan fingerprint density at radius 2 is 1.96 bits per heavy atom. The number of halogens is 1. The van der Waals surface area contributed by atoms with Crippen molar-refractivity contribution in [3.63, 3.8) is 0 Å². The third kappa shape index (κ3) is 4.05. The zero-order valence-electron chi connectivity index (χ0n) is 15.4. The Balaban J connectivity index is 2.00. The summed E-state index contributed by atoms with van der Waals surface area (Å²) < 4.78 is 1.36. The van der Waals surface area contributed by atoms with E-state index in [0.29, 0.717) is 28.6 Å². The molecule has 142 valence electrons. The summed E-state index contributed by atoms with van der Waals surface area (Å²) in [7, 11) is 0. The number of carbonyl (C=O) groups excluding carboxylic acids is 1. The second-order valence-electron chi connectivity index (χ2n) is 6.39. The van der Waals surface area contributed by atoms with E-state index in [-0.39, 0.29) is 16.3 Å². The predicted octanol–water partition coefficient (Wildman–Crippen LogP) is 4.36. The number of nitrogens with zero attached hydrogens (tertiary/aromatic N) is 3. The number of unbranched alkanes of at least 4 members (excludes halogenated alkanes) is 2. The average molecular weight is 395 g/mol. The van der Waals surface area contributed by atoms with Crippen molar-refractivity contribution >= 4 is 34.0 Å². The number of hydrogen-bond acceptors (Lipinski definition) is 4. The van der Waals surface area contributed by atoms with E-state index in [2.05, 4.69) is 17.3 Å². The van der Waals surface area contributed by atoms with Crippen LogP contribution in [0.4, 0.5) is 5.69 Å². The maximum atomic E-state index is 12.9.